The van der Waals surface area contributed by atoms with Gasteiger partial charge in [0.2, 0.25) is 0 Å². The maximum absolute atomic E-state index is 12.5. The van der Waals surface area contributed by atoms with Crippen molar-refractivity contribution < 1.29 is 14.3 Å². The second kappa shape index (κ2) is 6.65. The number of fused-ring (bicyclic) bond motifs is 2. The molecule has 5 nitrogen and oxygen atoms in total. The van der Waals surface area contributed by atoms with Crippen LogP contribution in [0.15, 0.2) is 18.2 Å². The molecule has 0 saturated carbocycles. The molecule has 1 aliphatic rings. The van der Waals surface area contributed by atoms with Crippen molar-refractivity contribution in [1.82, 2.24) is 4.98 Å². The third-order valence-corrected chi connectivity index (χ3v) is 6.37. The van der Waals surface area contributed by atoms with Crippen molar-refractivity contribution in [2.75, 3.05) is 19.0 Å². The summed E-state index contributed by atoms with van der Waals surface area (Å²) in [5, 5.41) is 4.94. The van der Waals surface area contributed by atoms with Crippen molar-refractivity contribution in [1.29, 1.82) is 0 Å². The predicted molar refractivity (Wildman–Crippen MR) is 102 cm³/mol. The van der Waals surface area contributed by atoms with E-state index in [1.165, 1.54) is 4.88 Å². The van der Waals surface area contributed by atoms with Crippen molar-refractivity contribution in [3.63, 3.8) is 0 Å². The Balaban J connectivity index is 1.72. The lowest BCUT2D eigenvalue weighted by molar-refractivity contribution is 0.0527. The van der Waals surface area contributed by atoms with Crippen molar-refractivity contribution in [2.24, 2.45) is 0 Å². The van der Waals surface area contributed by atoms with Crippen molar-refractivity contribution in [3.8, 4) is 5.75 Å². The van der Waals surface area contributed by atoms with Gasteiger partial charge in [0.05, 0.1) is 24.0 Å². The number of benzene rings is 1. The molecule has 1 aliphatic carbocycles. The molecule has 0 fully saturated rings. The van der Waals surface area contributed by atoms with Gasteiger partial charge in [0.25, 0.3) is 0 Å². The summed E-state index contributed by atoms with van der Waals surface area (Å²) in [7, 11) is 1.64. The predicted octanol–water partition coefficient (Wildman–Crippen LogP) is 4.78. The van der Waals surface area contributed by atoms with Gasteiger partial charge in [-0.3, -0.25) is 0 Å². The number of hydrogen-bond donors (Lipinski definition) is 1. The monoisotopic (exact) mass is 374 g/mol. The number of aryl methyl sites for hydroxylation is 1. The van der Waals surface area contributed by atoms with Crippen LogP contribution in [-0.2, 0) is 17.6 Å². The molecule has 0 saturated heterocycles. The number of thiazole rings is 1. The molecule has 3 aromatic rings. The minimum Gasteiger partial charge on any atom is -0.494 e. The van der Waals surface area contributed by atoms with Crippen LogP contribution in [0.5, 0.6) is 5.75 Å². The highest BCUT2D eigenvalue weighted by atomic mass is 32.1. The van der Waals surface area contributed by atoms with Gasteiger partial charge in [0, 0.05) is 4.88 Å². The Morgan fingerprint density at radius 1 is 1.32 bits per heavy atom. The van der Waals surface area contributed by atoms with Gasteiger partial charge in [-0.25, -0.2) is 9.78 Å². The van der Waals surface area contributed by atoms with Crippen LogP contribution >= 0.6 is 22.7 Å². The van der Waals surface area contributed by atoms with Crippen LogP contribution in [0.25, 0.3) is 10.2 Å². The van der Waals surface area contributed by atoms with E-state index < -0.39 is 0 Å². The first kappa shape index (κ1) is 16.4. The second-order valence-electron chi connectivity index (χ2n) is 5.73. The molecule has 0 spiro atoms. The van der Waals surface area contributed by atoms with Gasteiger partial charge in [-0.15, -0.1) is 11.3 Å². The highest BCUT2D eigenvalue weighted by Crippen LogP contribution is 2.42. The summed E-state index contributed by atoms with van der Waals surface area (Å²) >= 11 is 3.19. The number of ether oxygens (including phenoxy) is 2. The van der Waals surface area contributed by atoms with Gasteiger partial charge in [0.1, 0.15) is 16.3 Å². The molecular weight excluding hydrogens is 356 g/mol. The molecule has 0 aliphatic heterocycles. The first-order chi connectivity index (χ1) is 12.2. The Morgan fingerprint density at radius 3 is 3.00 bits per heavy atom. The number of aromatic nitrogens is 1. The number of anilines is 2. The highest BCUT2D eigenvalue weighted by Gasteiger charge is 2.28. The molecule has 2 heterocycles. The van der Waals surface area contributed by atoms with Gasteiger partial charge in [-0.05, 0) is 43.9 Å². The fraction of sp³-hybridized carbons (Fsp3) is 0.333. The van der Waals surface area contributed by atoms with Crippen LogP contribution < -0.4 is 10.1 Å². The molecule has 2 aromatic heterocycles. The third-order valence-electron chi connectivity index (χ3n) is 4.22. The maximum atomic E-state index is 12.5. The van der Waals surface area contributed by atoms with Crippen LogP contribution in [0.2, 0.25) is 0 Å². The standard InChI is InChI=1S/C18H18N2O3S2/c1-3-23-17(21)14-10-6-4-8-12(10)24-16(14)20-18-19-15-11(22-2)7-5-9-13(15)25-18/h5,7,9H,3-4,6,8H2,1-2H3,(H,19,20). The first-order valence-electron chi connectivity index (χ1n) is 8.23. The topological polar surface area (TPSA) is 60.5 Å². The number of para-hydroxylation sites is 1. The summed E-state index contributed by atoms with van der Waals surface area (Å²) in [6, 6.07) is 5.86. The Kier molecular flexibility index (Phi) is 4.35. The van der Waals surface area contributed by atoms with E-state index in [0.717, 1.165) is 50.9 Å². The molecule has 1 N–H and O–H groups in total. The first-order valence-corrected chi connectivity index (χ1v) is 9.86. The number of nitrogens with one attached hydrogen (secondary N) is 1. The molecule has 0 radical (unpaired) electrons. The summed E-state index contributed by atoms with van der Waals surface area (Å²) in [4.78, 5) is 18.4. The van der Waals surface area contributed by atoms with Crippen molar-refractivity contribution >= 4 is 49.0 Å². The van der Waals surface area contributed by atoms with Gasteiger partial charge in [-0.2, -0.15) is 0 Å². The zero-order valence-electron chi connectivity index (χ0n) is 14.0. The molecule has 0 atom stereocenters. The van der Waals surface area contributed by atoms with E-state index in [2.05, 4.69) is 10.3 Å². The van der Waals surface area contributed by atoms with Gasteiger partial charge < -0.3 is 14.8 Å². The minimum atomic E-state index is -0.247. The Morgan fingerprint density at radius 2 is 2.20 bits per heavy atom. The van der Waals surface area contributed by atoms with Crippen molar-refractivity contribution in [3.05, 3.63) is 34.2 Å². The lowest BCUT2D eigenvalue weighted by atomic mass is 10.1. The molecule has 0 amide bonds. The lowest BCUT2D eigenvalue weighted by Gasteiger charge is -2.06. The Labute approximate surface area is 153 Å². The van der Waals surface area contributed by atoms with E-state index in [1.54, 1.807) is 29.8 Å². The van der Waals surface area contributed by atoms with Crippen LogP contribution in [0.3, 0.4) is 0 Å². The van der Waals surface area contributed by atoms with Gasteiger partial charge >= 0.3 is 5.97 Å². The van der Waals surface area contributed by atoms with Crippen LogP contribution in [-0.4, -0.2) is 24.7 Å². The number of esters is 1. The van der Waals surface area contributed by atoms with E-state index in [4.69, 9.17) is 9.47 Å². The molecule has 1 aromatic carbocycles. The zero-order chi connectivity index (χ0) is 17.4. The van der Waals surface area contributed by atoms with E-state index in [-0.39, 0.29) is 5.97 Å². The fourth-order valence-electron chi connectivity index (χ4n) is 3.15. The molecule has 0 unspecified atom stereocenters. The van der Waals surface area contributed by atoms with E-state index in [1.807, 2.05) is 25.1 Å². The number of nitrogens with zero attached hydrogens (tertiary/aromatic N) is 1. The molecule has 0 bridgehead atoms. The summed E-state index contributed by atoms with van der Waals surface area (Å²) < 4.78 is 11.7. The Hall–Kier alpha value is -2.12. The number of carbonyl (C=O) groups is 1. The van der Waals surface area contributed by atoms with E-state index in [9.17, 15) is 4.79 Å². The average Bonchev–Trinajstić information content (AvgIpc) is 3.28. The van der Waals surface area contributed by atoms with Gasteiger partial charge in [0.15, 0.2) is 5.13 Å². The second-order valence-corrected chi connectivity index (χ2v) is 7.87. The van der Waals surface area contributed by atoms with Crippen LogP contribution in [0, 0.1) is 0 Å². The largest absolute Gasteiger partial charge is 0.494 e. The van der Waals surface area contributed by atoms with Gasteiger partial charge in [-0.1, -0.05) is 17.4 Å². The molecular formula is C18H18N2O3S2. The number of thiophene rings is 1. The normalized spacial score (nSPS) is 13.0. The molecule has 7 heteroatoms. The number of rotatable bonds is 5. The van der Waals surface area contributed by atoms with Crippen molar-refractivity contribution in [2.45, 2.75) is 26.2 Å². The smallest absolute Gasteiger partial charge is 0.341 e. The lowest BCUT2D eigenvalue weighted by Crippen LogP contribution is -2.08. The number of hydrogen-bond acceptors (Lipinski definition) is 7. The number of carbonyl (C=O) groups excluding carboxylic acids is 1. The van der Waals surface area contributed by atoms with E-state index >= 15 is 0 Å². The molecule has 25 heavy (non-hydrogen) atoms. The Bertz CT molecular complexity index is 945. The quantitative estimate of drug-likeness (QED) is 0.652. The maximum Gasteiger partial charge on any atom is 0.341 e. The summed E-state index contributed by atoms with van der Waals surface area (Å²) in [5.41, 5.74) is 2.66. The third kappa shape index (κ3) is 2.87. The molecule has 130 valence electrons. The fourth-order valence-corrected chi connectivity index (χ4v) is 5.38. The number of methoxy groups -OCH3 is 1. The molecule has 4 rings (SSSR count). The van der Waals surface area contributed by atoms with Crippen LogP contribution in [0.4, 0.5) is 10.1 Å². The minimum absolute atomic E-state index is 0.247. The highest BCUT2D eigenvalue weighted by molar-refractivity contribution is 7.23. The SMILES string of the molecule is CCOC(=O)c1c(Nc2nc3c(OC)cccc3s2)sc2c1CCC2. The summed E-state index contributed by atoms with van der Waals surface area (Å²) in [5.74, 6) is 0.504. The van der Waals surface area contributed by atoms with E-state index in [0.29, 0.717) is 12.2 Å². The summed E-state index contributed by atoms with van der Waals surface area (Å²) in [6.07, 6.45) is 3.07. The van der Waals surface area contributed by atoms with Crippen LogP contribution in [0.1, 0.15) is 34.1 Å². The zero-order valence-corrected chi connectivity index (χ0v) is 15.7. The average molecular weight is 374 g/mol. The summed E-state index contributed by atoms with van der Waals surface area (Å²) in [6.45, 7) is 2.21.